The second-order valence-corrected chi connectivity index (χ2v) is 6.89. The Labute approximate surface area is 179 Å². The minimum absolute atomic E-state index is 0.0463. The van der Waals surface area contributed by atoms with E-state index < -0.39 is 0 Å². The first kappa shape index (κ1) is 19.9. The summed E-state index contributed by atoms with van der Waals surface area (Å²) in [7, 11) is 0. The van der Waals surface area contributed by atoms with E-state index in [1.807, 2.05) is 47.5 Å². The molecule has 0 aliphatic carbocycles. The van der Waals surface area contributed by atoms with Crippen LogP contribution in [0.5, 0.6) is 5.75 Å². The maximum atomic E-state index is 12.7. The molecule has 0 saturated heterocycles. The molecule has 7 nitrogen and oxygen atoms in total. The Bertz CT molecular complexity index is 1210. The minimum atomic E-state index is -0.0463. The van der Waals surface area contributed by atoms with Crippen molar-refractivity contribution in [1.29, 1.82) is 5.26 Å². The lowest BCUT2D eigenvalue weighted by molar-refractivity contribution is 0.0984. The van der Waals surface area contributed by atoms with E-state index in [0.717, 1.165) is 16.8 Å². The van der Waals surface area contributed by atoms with Crippen LogP contribution in [0.4, 0.5) is 5.69 Å². The van der Waals surface area contributed by atoms with Crippen LogP contribution in [0.25, 0.3) is 11.1 Å². The van der Waals surface area contributed by atoms with E-state index in [4.69, 9.17) is 0 Å². The summed E-state index contributed by atoms with van der Waals surface area (Å²) < 4.78 is 1.71. The van der Waals surface area contributed by atoms with E-state index in [0.29, 0.717) is 17.7 Å². The largest absolute Gasteiger partial charge is 0.508 e. The number of anilines is 1. The first-order chi connectivity index (χ1) is 15.2. The van der Waals surface area contributed by atoms with Crippen LogP contribution in [0.1, 0.15) is 22.3 Å². The van der Waals surface area contributed by atoms with Crippen LogP contribution < -0.4 is 5.01 Å². The molecular formula is C24H19N5O2. The van der Waals surface area contributed by atoms with Crippen molar-refractivity contribution in [3.63, 3.8) is 0 Å². The zero-order chi connectivity index (χ0) is 21.6. The highest BCUT2D eigenvalue weighted by Crippen LogP contribution is 2.29. The molecule has 0 aliphatic heterocycles. The van der Waals surface area contributed by atoms with Crippen molar-refractivity contribution in [1.82, 2.24) is 14.9 Å². The SMILES string of the molecule is N#Cc1ccc(N(CCC(=O)c2ccc(O)cc2)n2cnnc2)cc1-c1ccccc1. The van der Waals surface area contributed by atoms with Gasteiger partial charge >= 0.3 is 0 Å². The Kier molecular flexibility index (Phi) is 5.72. The van der Waals surface area contributed by atoms with E-state index in [2.05, 4.69) is 16.3 Å². The Morgan fingerprint density at radius 3 is 2.39 bits per heavy atom. The Morgan fingerprint density at radius 1 is 1.00 bits per heavy atom. The topological polar surface area (TPSA) is 95.0 Å². The van der Waals surface area contributed by atoms with Gasteiger partial charge in [0.15, 0.2) is 5.78 Å². The molecule has 1 heterocycles. The monoisotopic (exact) mass is 409 g/mol. The summed E-state index contributed by atoms with van der Waals surface area (Å²) in [5, 5.41) is 28.6. The summed E-state index contributed by atoms with van der Waals surface area (Å²) in [6, 6.07) is 23.7. The molecule has 0 saturated carbocycles. The van der Waals surface area contributed by atoms with Crippen molar-refractivity contribution in [2.75, 3.05) is 11.6 Å². The molecule has 1 N–H and O–H groups in total. The third kappa shape index (κ3) is 4.43. The third-order valence-electron chi connectivity index (χ3n) is 4.93. The first-order valence-electron chi connectivity index (χ1n) is 9.70. The summed E-state index contributed by atoms with van der Waals surface area (Å²) in [6.45, 7) is 0.373. The van der Waals surface area contributed by atoms with Gasteiger partial charge in [0.25, 0.3) is 0 Å². The number of carbonyl (C=O) groups is 1. The average molecular weight is 409 g/mol. The predicted octanol–water partition coefficient (Wildman–Crippen LogP) is 4.07. The number of rotatable bonds is 7. The van der Waals surface area contributed by atoms with Crippen molar-refractivity contribution in [2.24, 2.45) is 0 Å². The van der Waals surface area contributed by atoms with E-state index in [1.54, 1.807) is 35.5 Å². The van der Waals surface area contributed by atoms with Crippen molar-refractivity contribution in [3.05, 3.63) is 96.6 Å². The molecule has 4 aromatic rings. The van der Waals surface area contributed by atoms with Gasteiger partial charge in [0.1, 0.15) is 18.4 Å². The van der Waals surface area contributed by atoms with Gasteiger partial charge < -0.3 is 5.11 Å². The molecule has 4 rings (SSSR count). The van der Waals surface area contributed by atoms with Crippen molar-refractivity contribution in [3.8, 4) is 22.9 Å². The van der Waals surface area contributed by atoms with Gasteiger partial charge in [-0.25, -0.2) is 4.68 Å². The quantitative estimate of drug-likeness (QED) is 0.463. The maximum absolute atomic E-state index is 12.7. The van der Waals surface area contributed by atoms with E-state index in [-0.39, 0.29) is 18.0 Å². The number of hydrogen-bond acceptors (Lipinski definition) is 6. The molecule has 0 unspecified atom stereocenters. The second kappa shape index (κ2) is 8.93. The standard InChI is InChI=1S/C24H19N5O2/c25-15-20-6-9-21(14-23(20)18-4-2-1-3-5-18)29(28-16-26-27-17-28)13-12-24(31)19-7-10-22(30)11-8-19/h1-11,14,16-17,30H,12-13H2. The summed E-state index contributed by atoms with van der Waals surface area (Å²) in [6.07, 6.45) is 3.36. The van der Waals surface area contributed by atoms with Gasteiger partial charge in [-0.15, -0.1) is 10.2 Å². The van der Waals surface area contributed by atoms with Gasteiger partial charge in [0.2, 0.25) is 0 Å². The smallest absolute Gasteiger partial charge is 0.164 e. The number of nitrogens with zero attached hydrogens (tertiary/aromatic N) is 5. The van der Waals surface area contributed by atoms with E-state index in [1.165, 1.54) is 12.1 Å². The zero-order valence-electron chi connectivity index (χ0n) is 16.6. The molecule has 3 aromatic carbocycles. The highest BCUT2D eigenvalue weighted by Gasteiger charge is 2.15. The van der Waals surface area contributed by atoms with Gasteiger partial charge in [0.05, 0.1) is 17.3 Å². The predicted molar refractivity (Wildman–Crippen MR) is 116 cm³/mol. The van der Waals surface area contributed by atoms with Crippen LogP contribution in [0.3, 0.4) is 0 Å². The second-order valence-electron chi connectivity index (χ2n) is 6.89. The molecule has 0 atom stereocenters. The van der Waals surface area contributed by atoms with Crippen molar-refractivity contribution in [2.45, 2.75) is 6.42 Å². The molecule has 0 amide bonds. The highest BCUT2D eigenvalue weighted by molar-refractivity contribution is 5.96. The fraction of sp³-hybridized carbons (Fsp3) is 0.0833. The Balaban J connectivity index is 1.65. The van der Waals surface area contributed by atoms with Gasteiger partial charge in [-0.05, 0) is 48.0 Å². The van der Waals surface area contributed by atoms with Gasteiger partial charge in [0, 0.05) is 24.1 Å². The number of phenolic OH excluding ortho intramolecular Hbond substituents is 1. The molecular weight excluding hydrogens is 390 g/mol. The average Bonchev–Trinajstić information content (AvgIpc) is 3.34. The molecule has 1 aromatic heterocycles. The van der Waals surface area contributed by atoms with Crippen molar-refractivity contribution >= 4 is 11.5 Å². The fourth-order valence-electron chi connectivity index (χ4n) is 3.34. The number of aromatic hydroxyl groups is 1. The van der Waals surface area contributed by atoms with Crippen LogP contribution in [-0.4, -0.2) is 32.3 Å². The van der Waals surface area contributed by atoms with E-state index in [9.17, 15) is 15.2 Å². The molecule has 0 aliphatic rings. The number of carbonyl (C=O) groups excluding carboxylic acids is 1. The number of ketones is 1. The Hall–Kier alpha value is -4.44. The number of benzene rings is 3. The summed E-state index contributed by atoms with van der Waals surface area (Å²) >= 11 is 0. The Morgan fingerprint density at radius 2 is 1.71 bits per heavy atom. The lowest BCUT2D eigenvalue weighted by atomic mass is 9.99. The first-order valence-corrected chi connectivity index (χ1v) is 9.70. The van der Waals surface area contributed by atoms with Crippen LogP contribution in [0.15, 0.2) is 85.5 Å². The van der Waals surface area contributed by atoms with Crippen LogP contribution in [0.2, 0.25) is 0 Å². The maximum Gasteiger partial charge on any atom is 0.164 e. The molecule has 152 valence electrons. The van der Waals surface area contributed by atoms with Crippen LogP contribution in [0, 0.1) is 11.3 Å². The number of phenols is 1. The summed E-state index contributed by atoms with van der Waals surface area (Å²) in [5.41, 5.74) is 3.65. The lowest BCUT2D eigenvalue weighted by Gasteiger charge is -2.25. The fourth-order valence-corrected chi connectivity index (χ4v) is 3.34. The molecule has 0 spiro atoms. The number of aromatic nitrogens is 3. The third-order valence-corrected chi connectivity index (χ3v) is 4.93. The van der Waals surface area contributed by atoms with Gasteiger partial charge in [-0.1, -0.05) is 30.3 Å². The minimum Gasteiger partial charge on any atom is -0.508 e. The number of nitriles is 1. The normalized spacial score (nSPS) is 10.4. The zero-order valence-corrected chi connectivity index (χ0v) is 16.6. The number of Topliss-reactive ketones (excluding diaryl/α,β-unsaturated/α-hetero) is 1. The summed E-state index contributed by atoms with van der Waals surface area (Å²) in [4.78, 5) is 12.7. The molecule has 0 fully saturated rings. The van der Waals surface area contributed by atoms with Crippen molar-refractivity contribution < 1.29 is 9.90 Å². The molecule has 31 heavy (non-hydrogen) atoms. The number of hydrogen-bond donors (Lipinski definition) is 1. The van der Waals surface area contributed by atoms with Gasteiger partial charge in [-0.2, -0.15) is 5.26 Å². The summed E-state index contributed by atoms with van der Waals surface area (Å²) in [5.74, 6) is 0.0729. The van der Waals surface area contributed by atoms with Crippen LogP contribution >= 0.6 is 0 Å². The lowest BCUT2D eigenvalue weighted by Crippen LogP contribution is -2.31. The van der Waals surface area contributed by atoms with Gasteiger partial charge in [-0.3, -0.25) is 9.80 Å². The highest BCUT2D eigenvalue weighted by atomic mass is 16.3. The van der Waals surface area contributed by atoms with E-state index >= 15 is 0 Å². The molecule has 0 bridgehead atoms. The molecule has 0 radical (unpaired) electrons. The molecule has 7 heteroatoms. The van der Waals surface area contributed by atoms with Crippen LogP contribution in [-0.2, 0) is 0 Å².